The lowest BCUT2D eigenvalue weighted by Crippen LogP contribution is -2.20. The van der Waals surface area contributed by atoms with Gasteiger partial charge in [0.05, 0.1) is 11.4 Å². The summed E-state index contributed by atoms with van der Waals surface area (Å²) < 4.78 is 3.15. The Morgan fingerprint density at radius 2 is 0.865 bits per heavy atom. The van der Waals surface area contributed by atoms with E-state index in [0.717, 1.165) is 29.4 Å². The molecular weight excluding hydrogens is 653 g/mol. The van der Waals surface area contributed by atoms with E-state index in [1.54, 1.807) is 48.0 Å². The minimum absolute atomic E-state index is 0.325. The largest absolute Gasteiger partial charge is 0.400 e. The third-order valence-corrected chi connectivity index (χ3v) is 7.05. The van der Waals surface area contributed by atoms with Crippen molar-refractivity contribution in [2.45, 2.75) is 0 Å². The van der Waals surface area contributed by atoms with E-state index in [-0.39, 0.29) is 11.8 Å². The van der Waals surface area contributed by atoms with Gasteiger partial charge in [0.2, 0.25) is 0 Å². The van der Waals surface area contributed by atoms with Crippen molar-refractivity contribution in [2.75, 3.05) is 7.11 Å². The number of nitrogens with one attached hydrogen (secondary N) is 2. The van der Waals surface area contributed by atoms with E-state index < -0.39 is 0 Å². The van der Waals surface area contributed by atoms with E-state index >= 15 is 0 Å². The van der Waals surface area contributed by atoms with E-state index in [0.29, 0.717) is 22.8 Å². The predicted octanol–water partition coefficient (Wildman–Crippen LogP) is 6.14. The maximum absolute atomic E-state index is 12.1. The summed E-state index contributed by atoms with van der Waals surface area (Å²) in [5.74, 6) is -0.690. The van der Waals surface area contributed by atoms with Gasteiger partial charge in [-0.1, -0.05) is 133 Å². The number of hydrogen-bond donors (Lipinski definition) is 3. The number of nitrogens with zero attached hydrogens (tertiary/aromatic N) is 6. The number of rotatable bonds is 10. The summed E-state index contributed by atoms with van der Waals surface area (Å²) in [5.41, 5.74) is 11.1. The van der Waals surface area contributed by atoms with Crippen LogP contribution in [0.4, 0.5) is 0 Å². The van der Waals surface area contributed by atoms with Crippen LogP contribution in [-0.4, -0.2) is 55.0 Å². The maximum atomic E-state index is 12.1. The minimum Gasteiger partial charge on any atom is -0.400 e. The van der Waals surface area contributed by atoms with Crippen LogP contribution in [0, 0.1) is 0 Å². The molecule has 0 aliphatic carbocycles. The van der Waals surface area contributed by atoms with Gasteiger partial charge in [-0.2, -0.15) is 20.4 Å². The zero-order valence-electron chi connectivity index (χ0n) is 29.1. The van der Waals surface area contributed by atoms with Crippen molar-refractivity contribution in [3.63, 3.8) is 0 Å². The molecule has 3 N–H and O–H groups in total. The Morgan fingerprint density at radius 1 is 0.538 bits per heavy atom. The van der Waals surface area contributed by atoms with Gasteiger partial charge in [0, 0.05) is 44.7 Å². The standard InChI is InChI=1S/2C20H18N4O.CH4O/c2*1-24-15-14-19(23-24)20(25)22-21-18(17-10-6-3-7-11-17)13-12-16-8-4-2-5-9-16;1-2/h2*2-15H,1H3,(H,22,25);2H,1H3/b2*13-12+,21-18-;. The summed E-state index contributed by atoms with van der Waals surface area (Å²) >= 11 is 0. The lowest BCUT2D eigenvalue weighted by Gasteiger charge is -2.03. The molecular formula is C41H40N8O3. The molecule has 6 rings (SSSR count). The topological polar surface area (TPSA) is 139 Å². The number of hydrazone groups is 2. The van der Waals surface area contributed by atoms with Crippen LogP contribution in [0.15, 0.2) is 168 Å². The van der Waals surface area contributed by atoms with Crippen LogP contribution < -0.4 is 10.9 Å². The van der Waals surface area contributed by atoms with Crippen LogP contribution in [0.25, 0.3) is 12.2 Å². The van der Waals surface area contributed by atoms with Crippen LogP contribution in [0.1, 0.15) is 43.2 Å². The monoisotopic (exact) mass is 692 g/mol. The molecule has 0 unspecified atom stereocenters. The van der Waals surface area contributed by atoms with Crippen molar-refractivity contribution in [3.05, 3.63) is 192 Å². The molecule has 11 nitrogen and oxygen atoms in total. The molecule has 2 amide bonds. The third kappa shape index (κ3) is 12.2. The first-order valence-corrected chi connectivity index (χ1v) is 16.2. The predicted molar refractivity (Wildman–Crippen MR) is 206 cm³/mol. The molecule has 0 atom stereocenters. The quantitative estimate of drug-likeness (QED) is 0.117. The molecule has 262 valence electrons. The molecule has 0 aliphatic rings. The Balaban J connectivity index is 0.000000222. The van der Waals surface area contributed by atoms with Gasteiger partial charge in [-0.25, -0.2) is 10.9 Å². The third-order valence-electron chi connectivity index (χ3n) is 7.05. The molecule has 0 spiro atoms. The Bertz CT molecular complexity index is 1950. The first kappa shape index (κ1) is 37.8. The fourth-order valence-electron chi connectivity index (χ4n) is 4.50. The second kappa shape index (κ2) is 20.5. The average molecular weight is 693 g/mol. The van der Waals surface area contributed by atoms with E-state index in [1.165, 1.54) is 0 Å². The number of aliphatic hydroxyl groups is 1. The molecule has 2 aromatic heterocycles. The van der Waals surface area contributed by atoms with Gasteiger partial charge < -0.3 is 5.11 Å². The number of aromatic nitrogens is 4. The van der Waals surface area contributed by atoms with Crippen LogP contribution in [0.5, 0.6) is 0 Å². The van der Waals surface area contributed by atoms with Crippen LogP contribution >= 0.6 is 0 Å². The van der Waals surface area contributed by atoms with Gasteiger partial charge in [0.15, 0.2) is 11.4 Å². The van der Waals surface area contributed by atoms with E-state index in [9.17, 15) is 9.59 Å². The highest BCUT2D eigenvalue weighted by Crippen LogP contribution is 2.08. The van der Waals surface area contributed by atoms with Crippen LogP contribution in [-0.2, 0) is 14.1 Å². The molecule has 11 heteroatoms. The molecule has 0 bridgehead atoms. The summed E-state index contributed by atoms with van der Waals surface area (Å²) in [7, 11) is 4.52. The van der Waals surface area contributed by atoms with Gasteiger partial charge in [-0.15, -0.1) is 0 Å². The molecule has 6 aromatic rings. The molecule has 4 aromatic carbocycles. The lowest BCUT2D eigenvalue weighted by molar-refractivity contribution is 0.0941. The summed E-state index contributed by atoms with van der Waals surface area (Å²) in [6, 6.07) is 42.5. The van der Waals surface area contributed by atoms with E-state index in [1.807, 2.05) is 146 Å². The number of allylic oxidation sites excluding steroid dienone is 2. The van der Waals surface area contributed by atoms with Crippen molar-refractivity contribution < 1.29 is 14.7 Å². The fraction of sp³-hybridized carbons (Fsp3) is 0.0732. The molecule has 52 heavy (non-hydrogen) atoms. The Kier molecular flexibility index (Phi) is 14.9. The highest BCUT2D eigenvalue weighted by atomic mass is 16.2. The molecule has 0 saturated carbocycles. The maximum Gasteiger partial charge on any atom is 0.291 e. The molecule has 0 fully saturated rings. The molecule has 0 aliphatic heterocycles. The van der Waals surface area contributed by atoms with Gasteiger partial charge in [-0.3, -0.25) is 19.0 Å². The van der Waals surface area contributed by atoms with Crippen molar-refractivity contribution in [3.8, 4) is 0 Å². The summed E-state index contributed by atoms with van der Waals surface area (Å²) in [6.07, 6.45) is 11.1. The van der Waals surface area contributed by atoms with Crippen LogP contribution in [0.2, 0.25) is 0 Å². The number of hydrogen-bond acceptors (Lipinski definition) is 7. The smallest absolute Gasteiger partial charge is 0.291 e. The summed E-state index contributed by atoms with van der Waals surface area (Å²) in [6.45, 7) is 0. The van der Waals surface area contributed by atoms with E-state index in [4.69, 9.17) is 5.11 Å². The average Bonchev–Trinajstić information content (AvgIpc) is 3.85. The molecule has 2 heterocycles. The van der Waals surface area contributed by atoms with Crippen LogP contribution in [0.3, 0.4) is 0 Å². The van der Waals surface area contributed by atoms with Crippen molar-refractivity contribution in [2.24, 2.45) is 24.3 Å². The van der Waals surface area contributed by atoms with Crippen molar-refractivity contribution in [1.82, 2.24) is 30.4 Å². The number of benzene rings is 4. The highest BCUT2D eigenvalue weighted by molar-refractivity contribution is 6.12. The summed E-state index contributed by atoms with van der Waals surface area (Å²) in [4.78, 5) is 24.3. The SMILES string of the molecule is CO.Cn1ccc(C(=O)N/N=C(/C=C/c2ccccc2)c2ccccc2)n1.Cn1ccc(C(=O)N/N=C(/C=C/c2ccccc2)c2ccccc2)n1. The van der Waals surface area contributed by atoms with E-state index in [2.05, 4.69) is 31.3 Å². The Morgan fingerprint density at radius 3 is 1.17 bits per heavy atom. The number of amides is 2. The first-order chi connectivity index (χ1) is 25.4. The normalized spacial score (nSPS) is 11.3. The first-order valence-electron chi connectivity index (χ1n) is 16.2. The zero-order valence-corrected chi connectivity index (χ0v) is 29.1. The lowest BCUT2D eigenvalue weighted by atomic mass is 10.1. The van der Waals surface area contributed by atoms with Gasteiger partial charge >= 0.3 is 0 Å². The molecule has 0 saturated heterocycles. The van der Waals surface area contributed by atoms with Gasteiger partial charge in [0.1, 0.15) is 0 Å². The highest BCUT2D eigenvalue weighted by Gasteiger charge is 2.10. The van der Waals surface area contributed by atoms with Gasteiger partial charge in [0.25, 0.3) is 11.8 Å². The Labute approximate surface area is 303 Å². The number of aryl methyl sites for hydroxylation is 2. The number of carbonyl (C=O) groups excluding carboxylic acids is 2. The Hall–Kier alpha value is -6.98. The second-order valence-electron chi connectivity index (χ2n) is 10.8. The van der Waals surface area contributed by atoms with Crippen molar-refractivity contribution >= 4 is 35.4 Å². The van der Waals surface area contributed by atoms with Crippen molar-refractivity contribution in [1.29, 1.82) is 0 Å². The fourth-order valence-corrected chi connectivity index (χ4v) is 4.50. The number of aliphatic hydroxyl groups excluding tert-OH is 1. The number of carbonyl (C=O) groups is 2. The zero-order chi connectivity index (χ0) is 37.0. The second-order valence-corrected chi connectivity index (χ2v) is 10.8. The van der Waals surface area contributed by atoms with Gasteiger partial charge in [-0.05, 0) is 35.4 Å². The molecule has 0 radical (unpaired) electrons. The summed E-state index contributed by atoms with van der Waals surface area (Å²) in [5, 5.41) is 23.7. The minimum atomic E-state index is -0.345.